The van der Waals surface area contributed by atoms with Crippen LogP contribution in [0.3, 0.4) is 0 Å². The van der Waals surface area contributed by atoms with Crippen LogP contribution in [0.5, 0.6) is 0 Å². The van der Waals surface area contributed by atoms with Crippen LogP contribution in [-0.2, 0) is 13.0 Å². The Kier molecular flexibility index (Phi) is 3.57. The minimum absolute atomic E-state index is 0.0813. The van der Waals surface area contributed by atoms with Crippen LogP contribution in [0, 0.1) is 16.7 Å². The molecule has 0 atom stereocenters. The van der Waals surface area contributed by atoms with Gasteiger partial charge in [0.2, 0.25) is 0 Å². The van der Waals surface area contributed by atoms with Crippen molar-refractivity contribution in [1.29, 1.82) is 5.26 Å². The van der Waals surface area contributed by atoms with Crippen LogP contribution in [0.15, 0.2) is 16.9 Å². The molecule has 0 bridgehead atoms. The summed E-state index contributed by atoms with van der Waals surface area (Å²) in [6, 6.07) is 5.34. The molecule has 0 amide bonds. The highest BCUT2D eigenvalue weighted by Gasteiger charge is 2.22. The standard InChI is InChI=1S/C15H18N2O2/c1-15(2,10-16)8-9-17-12-4-3-5-13(18)11(12)6-7-14(17)19/h6-7H,3-5,8-9H2,1-2H3. The molecular formula is C15H18N2O2. The molecule has 0 N–H and O–H groups in total. The summed E-state index contributed by atoms with van der Waals surface area (Å²) in [5.41, 5.74) is 0.987. The van der Waals surface area contributed by atoms with E-state index in [4.69, 9.17) is 5.26 Å². The van der Waals surface area contributed by atoms with Crippen molar-refractivity contribution >= 4 is 5.78 Å². The molecule has 100 valence electrons. The number of hydrogen-bond acceptors (Lipinski definition) is 3. The van der Waals surface area contributed by atoms with Crippen molar-refractivity contribution in [3.8, 4) is 6.07 Å². The second-order valence-electron chi connectivity index (χ2n) is 5.71. The highest BCUT2D eigenvalue weighted by molar-refractivity contribution is 5.97. The number of ketones is 1. The molecule has 0 aliphatic heterocycles. The van der Waals surface area contributed by atoms with Gasteiger partial charge < -0.3 is 4.57 Å². The maximum absolute atomic E-state index is 12.0. The summed E-state index contributed by atoms with van der Waals surface area (Å²) < 4.78 is 1.67. The minimum atomic E-state index is -0.457. The van der Waals surface area contributed by atoms with E-state index in [-0.39, 0.29) is 11.3 Å². The zero-order chi connectivity index (χ0) is 14.0. The molecule has 19 heavy (non-hydrogen) atoms. The summed E-state index contributed by atoms with van der Waals surface area (Å²) in [4.78, 5) is 23.8. The summed E-state index contributed by atoms with van der Waals surface area (Å²) >= 11 is 0. The van der Waals surface area contributed by atoms with Crippen molar-refractivity contribution in [1.82, 2.24) is 4.57 Å². The van der Waals surface area contributed by atoms with Gasteiger partial charge in [-0.25, -0.2) is 0 Å². The van der Waals surface area contributed by atoms with Crippen LogP contribution in [-0.4, -0.2) is 10.4 Å². The molecule has 1 heterocycles. The molecule has 1 aliphatic rings. The third-order valence-electron chi connectivity index (χ3n) is 3.68. The number of pyridine rings is 1. The summed E-state index contributed by atoms with van der Waals surface area (Å²) in [6.07, 6.45) is 2.74. The summed E-state index contributed by atoms with van der Waals surface area (Å²) in [6.45, 7) is 4.22. The molecular weight excluding hydrogens is 240 g/mol. The molecule has 1 aromatic heterocycles. The molecule has 0 saturated heterocycles. The number of carbonyl (C=O) groups excluding carboxylic acids is 1. The number of aromatic nitrogens is 1. The van der Waals surface area contributed by atoms with Gasteiger partial charge >= 0.3 is 0 Å². The Bertz CT molecular complexity index is 606. The zero-order valence-electron chi connectivity index (χ0n) is 11.4. The number of nitriles is 1. The van der Waals surface area contributed by atoms with E-state index in [0.717, 1.165) is 18.5 Å². The third-order valence-corrected chi connectivity index (χ3v) is 3.68. The first-order valence-electron chi connectivity index (χ1n) is 6.62. The van der Waals surface area contributed by atoms with Crippen LogP contribution < -0.4 is 5.56 Å². The van der Waals surface area contributed by atoms with Crippen molar-refractivity contribution in [2.45, 2.75) is 46.1 Å². The molecule has 1 aromatic rings. The number of Topliss-reactive ketones (excluding diaryl/α,β-unsaturated/α-hetero) is 1. The number of rotatable bonds is 3. The zero-order valence-corrected chi connectivity index (χ0v) is 11.4. The Hall–Kier alpha value is -1.89. The van der Waals surface area contributed by atoms with Gasteiger partial charge in [0.25, 0.3) is 5.56 Å². The Morgan fingerprint density at radius 3 is 2.74 bits per heavy atom. The van der Waals surface area contributed by atoms with Gasteiger partial charge in [-0.3, -0.25) is 9.59 Å². The van der Waals surface area contributed by atoms with Crippen molar-refractivity contribution in [2.24, 2.45) is 5.41 Å². The first kappa shape index (κ1) is 13.5. The smallest absolute Gasteiger partial charge is 0.250 e. The maximum atomic E-state index is 12.0. The average Bonchev–Trinajstić information content (AvgIpc) is 2.38. The van der Waals surface area contributed by atoms with Gasteiger partial charge in [-0.05, 0) is 39.2 Å². The van der Waals surface area contributed by atoms with Crippen LogP contribution in [0.25, 0.3) is 0 Å². The van der Waals surface area contributed by atoms with Crippen LogP contribution in [0.2, 0.25) is 0 Å². The van der Waals surface area contributed by atoms with Crippen LogP contribution in [0.4, 0.5) is 0 Å². The van der Waals surface area contributed by atoms with E-state index in [9.17, 15) is 9.59 Å². The van der Waals surface area contributed by atoms with Gasteiger partial charge in [-0.1, -0.05) is 0 Å². The monoisotopic (exact) mass is 258 g/mol. The van der Waals surface area contributed by atoms with Crippen LogP contribution >= 0.6 is 0 Å². The fraction of sp³-hybridized carbons (Fsp3) is 0.533. The van der Waals surface area contributed by atoms with Crippen molar-refractivity contribution in [3.63, 3.8) is 0 Å². The lowest BCUT2D eigenvalue weighted by Gasteiger charge is -2.22. The van der Waals surface area contributed by atoms with E-state index >= 15 is 0 Å². The number of nitrogens with zero attached hydrogens (tertiary/aromatic N) is 2. The fourth-order valence-corrected chi connectivity index (χ4v) is 2.39. The predicted octanol–water partition coefficient (Wildman–Crippen LogP) is 2.31. The number of carbonyl (C=O) groups is 1. The quantitative estimate of drug-likeness (QED) is 0.835. The molecule has 0 unspecified atom stereocenters. The molecule has 4 nitrogen and oxygen atoms in total. The van der Waals surface area contributed by atoms with Gasteiger partial charge in [0, 0.05) is 30.3 Å². The lowest BCUT2D eigenvalue weighted by molar-refractivity contribution is 0.0970. The van der Waals surface area contributed by atoms with Crippen molar-refractivity contribution < 1.29 is 4.79 Å². The maximum Gasteiger partial charge on any atom is 0.250 e. The molecule has 0 spiro atoms. The van der Waals surface area contributed by atoms with Gasteiger partial charge in [0.15, 0.2) is 5.78 Å². The predicted molar refractivity (Wildman–Crippen MR) is 72.0 cm³/mol. The van der Waals surface area contributed by atoms with Gasteiger partial charge in [0.05, 0.1) is 11.5 Å². The first-order valence-corrected chi connectivity index (χ1v) is 6.62. The van der Waals surface area contributed by atoms with Crippen molar-refractivity contribution in [2.75, 3.05) is 0 Å². The van der Waals surface area contributed by atoms with E-state index < -0.39 is 5.41 Å². The van der Waals surface area contributed by atoms with E-state index in [0.29, 0.717) is 24.9 Å². The highest BCUT2D eigenvalue weighted by Crippen LogP contribution is 2.23. The number of hydrogen-bond donors (Lipinski definition) is 0. The highest BCUT2D eigenvalue weighted by atomic mass is 16.1. The van der Waals surface area contributed by atoms with Gasteiger partial charge in [0.1, 0.15) is 0 Å². The third kappa shape index (κ3) is 2.76. The Balaban J connectivity index is 2.36. The fourth-order valence-electron chi connectivity index (χ4n) is 2.39. The normalized spacial score (nSPS) is 14.9. The van der Waals surface area contributed by atoms with E-state index in [1.807, 2.05) is 13.8 Å². The molecule has 4 heteroatoms. The SMILES string of the molecule is CC(C)(C#N)CCn1c2c(ccc1=O)C(=O)CCC2. The van der Waals surface area contributed by atoms with Gasteiger partial charge in [-0.15, -0.1) is 0 Å². The summed E-state index contributed by atoms with van der Waals surface area (Å²) in [7, 11) is 0. The Morgan fingerprint density at radius 2 is 2.05 bits per heavy atom. The first-order chi connectivity index (χ1) is 8.94. The van der Waals surface area contributed by atoms with Crippen molar-refractivity contribution in [3.05, 3.63) is 33.7 Å². The summed E-state index contributed by atoms with van der Waals surface area (Å²) in [5.74, 6) is 0.120. The molecule has 1 aliphatic carbocycles. The molecule has 2 rings (SSSR count). The molecule has 0 saturated carbocycles. The lowest BCUT2D eigenvalue weighted by atomic mass is 9.90. The van der Waals surface area contributed by atoms with E-state index in [1.165, 1.54) is 6.07 Å². The van der Waals surface area contributed by atoms with Gasteiger partial charge in [-0.2, -0.15) is 5.26 Å². The molecule has 0 fully saturated rings. The molecule has 0 radical (unpaired) electrons. The van der Waals surface area contributed by atoms with E-state index in [1.54, 1.807) is 10.6 Å². The average molecular weight is 258 g/mol. The van der Waals surface area contributed by atoms with E-state index in [2.05, 4.69) is 6.07 Å². The topological polar surface area (TPSA) is 62.9 Å². The Labute approximate surface area is 112 Å². The van der Waals surface area contributed by atoms with Crippen LogP contribution in [0.1, 0.15) is 49.2 Å². The lowest BCUT2D eigenvalue weighted by Crippen LogP contribution is -2.29. The minimum Gasteiger partial charge on any atom is -0.312 e. The second kappa shape index (κ2) is 5.00. The number of fused-ring (bicyclic) bond motifs is 1. The molecule has 0 aromatic carbocycles. The Morgan fingerprint density at radius 1 is 1.32 bits per heavy atom. The largest absolute Gasteiger partial charge is 0.312 e. The summed E-state index contributed by atoms with van der Waals surface area (Å²) in [5, 5.41) is 9.03. The second-order valence-corrected chi connectivity index (χ2v) is 5.71.